The van der Waals surface area contributed by atoms with E-state index in [4.69, 9.17) is 0 Å². The Bertz CT molecular complexity index is 228. The molecule has 18 heavy (non-hydrogen) atoms. The number of urea groups is 1. The van der Waals surface area contributed by atoms with Gasteiger partial charge in [0.15, 0.2) is 0 Å². The van der Waals surface area contributed by atoms with E-state index in [0.29, 0.717) is 13.0 Å². The van der Waals surface area contributed by atoms with Crippen LogP contribution in [0.15, 0.2) is 0 Å². The average molecular weight is 256 g/mol. The fraction of sp³-hybridized carbons (Fsp3) is 0.929. The van der Waals surface area contributed by atoms with Gasteiger partial charge in [-0.15, -0.1) is 0 Å². The minimum atomic E-state index is -0.298. The molecule has 1 aliphatic rings. The van der Waals surface area contributed by atoms with E-state index in [1.807, 2.05) is 6.92 Å². The lowest BCUT2D eigenvalue weighted by molar-refractivity contribution is 0.160. The van der Waals surface area contributed by atoms with E-state index in [2.05, 4.69) is 10.6 Å². The summed E-state index contributed by atoms with van der Waals surface area (Å²) in [6, 6.07) is -0.107. The van der Waals surface area contributed by atoms with Crippen LogP contribution in [0.5, 0.6) is 0 Å². The number of aliphatic hydroxyl groups excluding tert-OH is 1. The highest BCUT2D eigenvalue weighted by Gasteiger charge is 2.14. The van der Waals surface area contributed by atoms with Gasteiger partial charge < -0.3 is 15.7 Å². The highest BCUT2D eigenvalue weighted by Crippen LogP contribution is 2.28. The molecule has 3 N–H and O–H groups in total. The minimum Gasteiger partial charge on any atom is -0.393 e. The second-order valence-corrected chi connectivity index (χ2v) is 5.33. The van der Waals surface area contributed by atoms with Gasteiger partial charge in [-0.3, -0.25) is 0 Å². The maximum absolute atomic E-state index is 11.4. The number of carbonyl (C=O) groups excluding carboxylic acids is 1. The fourth-order valence-electron chi connectivity index (χ4n) is 2.51. The van der Waals surface area contributed by atoms with E-state index >= 15 is 0 Å². The third-order valence-electron chi connectivity index (χ3n) is 3.78. The van der Waals surface area contributed by atoms with Crippen LogP contribution in [0.4, 0.5) is 4.79 Å². The van der Waals surface area contributed by atoms with E-state index in [1.165, 1.54) is 32.1 Å². The lowest BCUT2D eigenvalue weighted by atomic mass is 10.0. The van der Waals surface area contributed by atoms with Gasteiger partial charge in [-0.1, -0.05) is 32.6 Å². The molecular weight excluding hydrogens is 228 g/mol. The normalized spacial score (nSPS) is 17.7. The Morgan fingerprint density at radius 3 is 2.61 bits per heavy atom. The van der Waals surface area contributed by atoms with Crippen molar-refractivity contribution in [2.75, 3.05) is 13.1 Å². The Morgan fingerprint density at radius 2 is 1.94 bits per heavy atom. The second-order valence-electron chi connectivity index (χ2n) is 5.33. The summed E-state index contributed by atoms with van der Waals surface area (Å²) in [5.41, 5.74) is 0. The molecule has 1 saturated carbocycles. The molecule has 0 aromatic rings. The maximum Gasteiger partial charge on any atom is 0.314 e. The number of rotatable bonds is 8. The van der Waals surface area contributed by atoms with Gasteiger partial charge in [0, 0.05) is 13.1 Å². The van der Waals surface area contributed by atoms with E-state index < -0.39 is 0 Å². The number of hydrogen-bond acceptors (Lipinski definition) is 2. The first kappa shape index (κ1) is 15.3. The van der Waals surface area contributed by atoms with Gasteiger partial charge in [0.05, 0.1) is 6.10 Å². The van der Waals surface area contributed by atoms with E-state index in [1.54, 1.807) is 0 Å². The van der Waals surface area contributed by atoms with Crippen molar-refractivity contribution < 1.29 is 9.90 Å². The van der Waals surface area contributed by atoms with Crippen molar-refractivity contribution in [1.29, 1.82) is 0 Å². The van der Waals surface area contributed by atoms with Gasteiger partial charge in [0.2, 0.25) is 0 Å². The third-order valence-corrected chi connectivity index (χ3v) is 3.78. The molecule has 0 saturated heterocycles. The van der Waals surface area contributed by atoms with E-state index in [-0.39, 0.29) is 12.1 Å². The van der Waals surface area contributed by atoms with Crippen molar-refractivity contribution in [2.24, 2.45) is 5.92 Å². The molecule has 0 spiro atoms. The van der Waals surface area contributed by atoms with E-state index in [0.717, 1.165) is 25.3 Å². The quantitative estimate of drug-likeness (QED) is 0.584. The average Bonchev–Trinajstić information content (AvgIpc) is 2.87. The molecule has 1 aliphatic carbocycles. The number of amides is 2. The Morgan fingerprint density at radius 1 is 1.28 bits per heavy atom. The van der Waals surface area contributed by atoms with Crippen LogP contribution in [0.25, 0.3) is 0 Å². The van der Waals surface area contributed by atoms with Crippen molar-refractivity contribution in [3.05, 3.63) is 0 Å². The predicted octanol–water partition coefficient (Wildman–Crippen LogP) is 2.42. The SMILES string of the molecule is CCC(O)CCNC(=O)NCCCC1CCCC1. The number of aliphatic hydroxyl groups is 1. The monoisotopic (exact) mass is 256 g/mol. The van der Waals surface area contributed by atoms with Crippen LogP contribution in [0, 0.1) is 5.92 Å². The fourth-order valence-corrected chi connectivity index (χ4v) is 2.51. The van der Waals surface area contributed by atoms with Crippen LogP contribution in [0.3, 0.4) is 0 Å². The molecular formula is C14H28N2O2. The molecule has 2 amide bonds. The molecule has 1 atom stereocenters. The summed E-state index contributed by atoms with van der Waals surface area (Å²) in [6.45, 7) is 3.25. The highest BCUT2D eigenvalue weighted by molar-refractivity contribution is 5.73. The Balaban J connectivity index is 1.89. The molecule has 0 aliphatic heterocycles. The van der Waals surface area contributed by atoms with Crippen molar-refractivity contribution in [2.45, 2.75) is 64.4 Å². The van der Waals surface area contributed by atoms with Crippen LogP contribution >= 0.6 is 0 Å². The largest absolute Gasteiger partial charge is 0.393 e. The molecule has 1 rings (SSSR count). The molecule has 1 fully saturated rings. The van der Waals surface area contributed by atoms with Gasteiger partial charge in [-0.25, -0.2) is 4.79 Å². The Labute approximate surface area is 111 Å². The number of carbonyl (C=O) groups is 1. The molecule has 0 aromatic carbocycles. The second kappa shape index (κ2) is 9.20. The molecule has 0 aromatic heterocycles. The Kier molecular flexibility index (Phi) is 7.81. The molecule has 4 nitrogen and oxygen atoms in total. The smallest absolute Gasteiger partial charge is 0.314 e. The molecule has 0 radical (unpaired) electrons. The lowest BCUT2D eigenvalue weighted by Crippen LogP contribution is -2.37. The first-order valence-corrected chi connectivity index (χ1v) is 7.42. The summed E-state index contributed by atoms with van der Waals surface area (Å²) in [5.74, 6) is 0.898. The summed E-state index contributed by atoms with van der Waals surface area (Å²) in [4.78, 5) is 11.4. The topological polar surface area (TPSA) is 61.4 Å². The van der Waals surface area contributed by atoms with E-state index in [9.17, 15) is 9.90 Å². The maximum atomic E-state index is 11.4. The number of nitrogens with one attached hydrogen (secondary N) is 2. The highest BCUT2D eigenvalue weighted by atomic mass is 16.3. The van der Waals surface area contributed by atoms with Gasteiger partial charge in [-0.05, 0) is 31.6 Å². The molecule has 106 valence electrons. The lowest BCUT2D eigenvalue weighted by Gasteiger charge is -2.11. The summed E-state index contributed by atoms with van der Waals surface area (Å²) in [7, 11) is 0. The third kappa shape index (κ3) is 6.84. The van der Waals surface area contributed by atoms with Crippen LogP contribution < -0.4 is 10.6 Å². The first-order chi connectivity index (χ1) is 8.72. The van der Waals surface area contributed by atoms with Crippen molar-refractivity contribution in [3.63, 3.8) is 0 Å². The zero-order chi connectivity index (χ0) is 13.2. The summed E-state index contributed by atoms with van der Waals surface area (Å²) in [5, 5.41) is 15.0. The Hall–Kier alpha value is -0.770. The van der Waals surface area contributed by atoms with Crippen molar-refractivity contribution in [1.82, 2.24) is 10.6 Å². The minimum absolute atomic E-state index is 0.107. The number of hydrogen-bond donors (Lipinski definition) is 3. The van der Waals surface area contributed by atoms with Gasteiger partial charge in [0.25, 0.3) is 0 Å². The predicted molar refractivity (Wildman–Crippen MR) is 73.5 cm³/mol. The van der Waals surface area contributed by atoms with Crippen LogP contribution in [-0.2, 0) is 0 Å². The zero-order valence-corrected chi connectivity index (χ0v) is 11.6. The van der Waals surface area contributed by atoms with Crippen LogP contribution in [0.1, 0.15) is 58.3 Å². The van der Waals surface area contributed by atoms with Gasteiger partial charge in [0.1, 0.15) is 0 Å². The van der Waals surface area contributed by atoms with Crippen LogP contribution in [-0.4, -0.2) is 30.3 Å². The summed E-state index contributed by atoms with van der Waals surface area (Å²) >= 11 is 0. The summed E-state index contributed by atoms with van der Waals surface area (Å²) < 4.78 is 0. The molecule has 1 unspecified atom stereocenters. The molecule has 0 heterocycles. The van der Waals surface area contributed by atoms with Crippen molar-refractivity contribution >= 4 is 6.03 Å². The molecule has 4 heteroatoms. The van der Waals surface area contributed by atoms with Crippen molar-refractivity contribution in [3.8, 4) is 0 Å². The zero-order valence-electron chi connectivity index (χ0n) is 11.6. The first-order valence-electron chi connectivity index (χ1n) is 7.42. The van der Waals surface area contributed by atoms with Crippen LogP contribution in [0.2, 0.25) is 0 Å². The molecule has 0 bridgehead atoms. The summed E-state index contributed by atoms with van der Waals surface area (Å²) in [6.07, 6.45) is 8.92. The van der Waals surface area contributed by atoms with Gasteiger partial charge >= 0.3 is 6.03 Å². The standard InChI is InChI=1S/C14H28N2O2/c1-2-13(17)9-11-16-14(18)15-10-5-8-12-6-3-4-7-12/h12-13,17H,2-11H2,1H3,(H2,15,16,18). The van der Waals surface area contributed by atoms with Gasteiger partial charge in [-0.2, -0.15) is 0 Å².